The van der Waals surface area contributed by atoms with Crippen molar-refractivity contribution in [2.75, 3.05) is 11.4 Å². The first-order chi connectivity index (χ1) is 6.08. The summed E-state index contributed by atoms with van der Waals surface area (Å²) in [4.78, 5) is 4.50. The Morgan fingerprint density at radius 1 is 1.31 bits per heavy atom. The van der Waals surface area contributed by atoms with Gasteiger partial charge in [-0.15, -0.1) is 0 Å². The van der Waals surface area contributed by atoms with Gasteiger partial charge in [0.25, 0.3) is 10.1 Å². The van der Waals surface area contributed by atoms with Gasteiger partial charge >= 0.3 is 0 Å². The van der Waals surface area contributed by atoms with Crippen molar-refractivity contribution in [2.45, 2.75) is 0 Å². The van der Waals surface area contributed by atoms with Crippen molar-refractivity contribution in [2.24, 2.45) is 0 Å². The lowest BCUT2D eigenvalue weighted by Crippen LogP contribution is -2.11. The van der Waals surface area contributed by atoms with E-state index in [1.807, 2.05) is 6.07 Å². The summed E-state index contributed by atoms with van der Waals surface area (Å²) >= 11 is 0. The number of anilines is 1. The Hall–Kier alpha value is -1.11. The lowest BCUT2D eigenvalue weighted by molar-refractivity contribution is 0.234. The van der Waals surface area contributed by atoms with Gasteiger partial charge < -0.3 is 0 Å². The molecule has 0 amide bonds. The second-order valence-electron chi connectivity index (χ2n) is 2.31. The average molecular weight is 203 g/mol. The van der Waals surface area contributed by atoms with Crippen molar-refractivity contribution in [1.29, 1.82) is 0 Å². The fourth-order valence-corrected chi connectivity index (χ4v) is 0.901. The van der Waals surface area contributed by atoms with E-state index in [0.29, 0.717) is 5.69 Å². The molecule has 5 nitrogen and oxygen atoms in total. The molecule has 0 bridgehead atoms. The molecule has 0 aliphatic carbocycles. The van der Waals surface area contributed by atoms with Crippen LogP contribution >= 0.6 is 0 Å². The van der Waals surface area contributed by atoms with E-state index in [1.54, 1.807) is 24.3 Å². The van der Waals surface area contributed by atoms with Gasteiger partial charge in [-0.2, -0.15) is 8.42 Å². The summed E-state index contributed by atoms with van der Waals surface area (Å²) in [6.45, 7) is 0. The van der Waals surface area contributed by atoms with Crippen LogP contribution in [-0.4, -0.2) is 18.9 Å². The number of rotatable bonds is 4. The highest BCUT2D eigenvalue weighted by Crippen LogP contribution is 2.04. The van der Waals surface area contributed by atoms with Gasteiger partial charge in [0, 0.05) is 0 Å². The third-order valence-corrected chi connectivity index (χ3v) is 1.59. The number of benzene rings is 1. The molecule has 0 aromatic heterocycles. The Labute approximate surface area is 76.0 Å². The summed E-state index contributed by atoms with van der Waals surface area (Å²) in [6.07, 6.45) is 0. The van der Waals surface area contributed by atoms with Gasteiger partial charge in [0.2, 0.25) is 5.94 Å². The molecule has 2 N–H and O–H groups in total. The standard InChI is InChI=1S/C7H9NO4S/c9-13(10,11)6-12-8-7-4-2-1-3-5-7/h1-5,8H,6H2,(H,9,10,11). The Morgan fingerprint density at radius 3 is 2.46 bits per heavy atom. The Bertz CT molecular complexity index is 348. The van der Waals surface area contributed by atoms with Crippen molar-refractivity contribution in [1.82, 2.24) is 0 Å². The smallest absolute Gasteiger partial charge is 0.284 e. The number of hydrogen-bond acceptors (Lipinski definition) is 4. The Balaban J connectivity index is 2.37. The molecule has 0 spiro atoms. The molecule has 72 valence electrons. The molecule has 0 saturated heterocycles. The van der Waals surface area contributed by atoms with E-state index < -0.39 is 16.1 Å². The SMILES string of the molecule is O=S(=O)(O)CONc1ccccc1. The first-order valence-corrected chi connectivity index (χ1v) is 5.07. The maximum Gasteiger partial charge on any atom is 0.292 e. The molecule has 1 rings (SSSR count). The molecule has 0 saturated carbocycles. The molecule has 1 aromatic rings. The van der Waals surface area contributed by atoms with Crippen LogP contribution in [0.3, 0.4) is 0 Å². The lowest BCUT2D eigenvalue weighted by Gasteiger charge is -2.03. The van der Waals surface area contributed by atoms with E-state index in [1.165, 1.54) is 0 Å². The molecule has 0 atom stereocenters. The fraction of sp³-hybridized carbons (Fsp3) is 0.143. The summed E-state index contributed by atoms with van der Waals surface area (Å²) in [5.41, 5.74) is 2.98. The Kier molecular flexibility index (Phi) is 3.24. The molecular weight excluding hydrogens is 194 g/mol. The van der Waals surface area contributed by atoms with Crippen LogP contribution in [-0.2, 0) is 15.0 Å². The predicted octanol–water partition coefficient (Wildman–Crippen LogP) is 0.875. The van der Waals surface area contributed by atoms with E-state index >= 15 is 0 Å². The molecule has 0 fully saturated rings. The van der Waals surface area contributed by atoms with E-state index in [2.05, 4.69) is 10.3 Å². The fourth-order valence-electron chi connectivity index (χ4n) is 0.693. The minimum absolute atomic E-state index is 0.617. The van der Waals surface area contributed by atoms with Gasteiger partial charge in [-0.05, 0) is 12.1 Å². The van der Waals surface area contributed by atoms with Crippen molar-refractivity contribution in [3.05, 3.63) is 30.3 Å². The molecule has 6 heteroatoms. The van der Waals surface area contributed by atoms with Crippen molar-refractivity contribution in [3.63, 3.8) is 0 Å². The van der Waals surface area contributed by atoms with Gasteiger partial charge in [0.1, 0.15) is 0 Å². The summed E-state index contributed by atoms with van der Waals surface area (Å²) in [5, 5.41) is 0. The monoisotopic (exact) mass is 203 g/mol. The second-order valence-corrected chi connectivity index (χ2v) is 3.71. The molecule has 0 radical (unpaired) electrons. The molecular formula is C7H9NO4S. The summed E-state index contributed by atoms with van der Waals surface area (Å²) in [7, 11) is -4.08. The molecule has 0 unspecified atom stereocenters. The predicted molar refractivity (Wildman–Crippen MR) is 47.6 cm³/mol. The third kappa shape index (κ3) is 4.46. The number of hydrogen-bond donors (Lipinski definition) is 2. The van der Waals surface area contributed by atoms with Gasteiger partial charge in [-0.3, -0.25) is 14.9 Å². The van der Waals surface area contributed by atoms with E-state index in [-0.39, 0.29) is 0 Å². The highest BCUT2D eigenvalue weighted by molar-refractivity contribution is 7.85. The highest BCUT2D eigenvalue weighted by Gasteiger charge is 2.03. The summed E-state index contributed by atoms with van der Waals surface area (Å²) in [5.74, 6) is -0.776. The first-order valence-electron chi connectivity index (χ1n) is 3.46. The second kappa shape index (κ2) is 4.22. The third-order valence-electron chi connectivity index (χ3n) is 1.17. The van der Waals surface area contributed by atoms with Gasteiger partial charge in [-0.1, -0.05) is 18.2 Å². The van der Waals surface area contributed by atoms with Crippen LogP contribution in [0.25, 0.3) is 0 Å². The lowest BCUT2D eigenvalue weighted by atomic mass is 10.3. The first kappa shape index (κ1) is 9.97. The van der Waals surface area contributed by atoms with Gasteiger partial charge in [0.15, 0.2) is 0 Å². The minimum atomic E-state index is -4.08. The van der Waals surface area contributed by atoms with Crippen molar-refractivity contribution < 1.29 is 17.8 Å². The summed E-state index contributed by atoms with van der Waals surface area (Å²) in [6, 6.07) is 8.74. The zero-order valence-corrected chi connectivity index (χ0v) is 7.49. The molecule has 13 heavy (non-hydrogen) atoms. The average Bonchev–Trinajstić information content (AvgIpc) is 2.04. The quantitative estimate of drug-likeness (QED) is 0.561. The van der Waals surface area contributed by atoms with Crippen LogP contribution in [0.4, 0.5) is 5.69 Å². The van der Waals surface area contributed by atoms with Crippen LogP contribution in [0.15, 0.2) is 30.3 Å². The van der Waals surface area contributed by atoms with Crippen LogP contribution in [0.1, 0.15) is 0 Å². The number of nitrogens with one attached hydrogen (secondary N) is 1. The number of para-hydroxylation sites is 1. The van der Waals surface area contributed by atoms with Gasteiger partial charge in [-0.25, -0.2) is 0 Å². The van der Waals surface area contributed by atoms with Gasteiger partial charge in [0.05, 0.1) is 5.69 Å². The van der Waals surface area contributed by atoms with Crippen LogP contribution in [0.2, 0.25) is 0 Å². The van der Waals surface area contributed by atoms with E-state index in [4.69, 9.17) is 4.55 Å². The molecule has 0 heterocycles. The van der Waals surface area contributed by atoms with Crippen LogP contribution in [0.5, 0.6) is 0 Å². The van der Waals surface area contributed by atoms with E-state index in [9.17, 15) is 8.42 Å². The van der Waals surface area contributed by atoms with Crippen molar-refractivity contribution >= 4 is 15.8 Å². The maximum atomic E-state index is 10.2. The topological polar surface area (TPSA) is 75.6 Å². The summed E-state index contributed by atoms with van der Waals surface area (Å²) < 4.78 is 28.7. The van der Waals surface area contributed by atoms with Crippen LogP contribution in [0, 0.1) is 0 Å². The van der Waals surface area contributed by atoms with Crippen LogP contribution < -0.4 is 5.48 Å². The Morgan fingerprint density at radius 2 is 1.92 bits per heavy atom. The normalized spacial score (nSPS) is 11.2. The molecule has 0 aliphatic heterocycles. The zero-order valence-electron chi connectivity index (χ0n) is 6.67. The zero-order chi connectivity index (χ0) is 9.73. The highest BCUT2D eigenvalue weighted by atomic mass is 32.2. The maximum absolute atomic E-state index is 10.2. The van der Waals surface area contributed by atoms with Crippen molar-refractivity contribution in [3.8, 4) is 0 Å². The van der Waals surface area contributed by atoms with E-state index in [0.717, 1.165) is 0 Å². The molecule has 1 aromatic carbocycles. The largest absolute Gasteiger partial charge is 0.292 e. The minimum Gasteiger partial charge on any atom is -0.284 e. The molecule has 0 aliphatic rings.